The summed E-state index contributed by atoms with van der Waals surface area (Å²) in [6.07, 6.45) is 3.90. The Labute approximate surface area is 102 Å². The molecule has 17 heavy (non-hydrogen) atoms. The van der Waals surface area contributed by atoms with Gasteiger partial charge in [0.15, 0.2) is 0 Å². The number of rotatable bonds is 4. The van der Waals surface area contributed by atoms with Crippen LogP contribution in [0.4, 0.5) is 0 Å². The van der Waals surface area contributed by atoms with Crippen LogP contribution in [0.25, 0.3) is 11.3 Å². The van der Waals surface area contributed by atoms with Gasteiger partial charge in [0.2, 0.25) is 0 Å². The zero-order valence-corrected chi connectivity index (χ0v) is 10.4. The fraction of sp³-hybridized carbons (Fsp3) is 0.357. The van der Waals surface area contributed by atoms with E-state index in [0.717, 1.165) is 18.5 Å². The standard InChI is InChI=1S/C14H19N3/c1-11(15)3-4-12-5-7-13(8-6-12)14-9-10-16-17(14)2/h5-11H,3-4,15H2,1-2H3. The number of aryl methyl sites for hydroxylation is 2. The molecule has 1 aromatic heterocycles. The second-order valence-electron chi connectivity index (χ2n) is 4.55. The van der Waals surface area contributed by atoms with E-state index in [2.05, 4.69) is 29.4 Å². The van der Waals surface area contributed by atoms with Crippen molar-refractivity contribution in [3.05, 3.63) is 42.1 Å². The Balaban J connectivity index is 2.11. The smallest absolute Gasteiger partial charge is 0.0678 e. The Bertz CT molecular complexity index is 468. The summed E-state index contributed by atoms with van der Waals surface area (Å²) in [5, 5.41) is 4.18. The Hall–Kier alpha value is -1.61. The SMILES string of the molecule is CC(N)CCc1ccc(-c2ccnn2C)cc1. The van der Waals surface area contributed by atoms with Gasteiger partial charge in [-0.2, -0.15) is 5.10 Å². The van der Waals surface area contributed by atoms with E-state index in [4.69, 9.17) is 5.73 Å². The van der Waals surface area contributed by atoms with Gasteiger partial charge in [-0.3, -0.25) is 4.68 Å². The topological polar surface area (TPSA) is 43.8 Å². The summed E-state index contributed by atoms with van der Waals surface area (Å²) in [4.78, 5) is 0. The van der Waals surface area contributed by atoms with Crippen LogP contribution in [0.1, 0.15) is 18.9 Å². The van der Waals surface area contributed by atoms with Gasteiger partial charge in [0.05, 0.1) is 5.69 Å². The van der Waals surface area contributed by atoms with Crippen molar-refractivity contribution in [2.75, 3.05) is 0 Å². The van der Waals surface area contributed by atoms with Gasteiger partial charge >= 0.3 is 0 Å². The number of hydrogen-bond donors (Lipinski definition) is 1. The van der Waals surface area contributed by atoms with E-state index in [1.165, 1.54) is 11.1 Å². The van der Waals surface area contributed by atoms with Gasteiger partial charge in [-0.1, -0.05) is 24.3 Å². The minimum Gasteiger partial charge on any atom is -0.328 e. The molecular formula is C14H19N3. The van der Waals surface area contributed by atoms with E-state index in [-0.39, 0.29) is 6.04 Å². The molecule has 1 heterocycles. The van der Waals surface area contributed by atoms with Crippen molar-refractivity contribution in [3.63, 3.8) is 0 Å². The van der Waals surface area contributed by atoms with Crippen molar-refractivity contribution in [2.24, 2.45) is 12.8 Å². The summed E-state index contributed by atoms with van der Waals surface area (Å²) in [5.41, 5.74) is 9.44. The van der Waals surface area contributed by atoms with Crippen LogP contribution in [-0.2, 0) is 13.5 Å². The van der Waals surface area contributed by atoms with Gasteiger partial charge in [-0.15, -0.1) is 0 Å². The molecule has 2 rings (SSSR count). The third-order valence-electron chi connectivity index (χ3n) is 2.96. The molecule has 0 fully saturated rings. The summed E-state index contributed by atoms with van der Waals surface area (Å²) in [7, 11) is 1.96. The second-order valence-corrected chi connectivity index (χ2v) is 4.55. The normalized spacial score (nSPS) is 12.6. The molecule has 1 atom stereocenters. The minimum atomic E-state index is 0.270. The van der Waals surface area contributed by atoms with Crippen molar-refractivity contribution >= 4 is 0 Å². The zero-order valence-electron chi connectivity index (χ0n) is 10.4. The average Bonchev–Trinajstić information content (AvgIpc) is 2.73. The molecule has 0 saturated carbocycles. The Morgan fingerprint density at radius 2 is 1.94 bits per heavy atom. The molecule has 0 bridgehead atoms. The molecule has 0 aliphatic heterocycles. The lowest BCUT2D eigenvalue weighted by atomic mass is 10.0. The molecule has 0 radical (unpaired) electrons. The molecule has 2 N–H and O–H groups in total. The summed E-state index contributed by atoms with van der Waals surface area (Å²) in [6, 6.07) is 10.9. The summed E-state index contributed by atoms with van der Waals surface area (Å²) in [6.45, 7) is 2.05. The predicted octanol–water partition coefficient (Wildman–Crippen LogP) is 2.37. The molecule has 1 aromatic carbocycles. The monoisotopic (exact) mass is 229 g/mol. The lowest BCUT2D eigenvalue weighted by molar-refractivity contribution is 0.666. The first kappa shape index (κ1) is 11.9. The highest BCUT2D eigenvalue weighted by Crippen LogP contribution is 2.19. The zero-order chi connectivity index (χ0) is 12.3. The molecule has 0 amide bonds. The number of benzene rings is 1. The molecule has 90 valence electrons. The maximum absolute atomic E-state index is 5.76. The van der Waals surface area contributed by atoms with E-state index >= 15 is 0 Å². The molecule has 0 aliphatic rings. The van der Waals surface area contributed by atoms with Crippen LogP contribution in [-0.4, -0.2) is 15.8 Å². The molecule has 0 aliphatic carbocycles. The molecule has 3 nitrogen and oxygen atoms in total. The largest absolute Gasteiger partial charge is 0.328 e. The number of hydrogen-bond acceptors (Lipinski definition) is 2. The Morgan fingerprint density at radius 3 is 2.47 bits per heavy atom. The van der Waals surface area contributed by atoms with E-state index in [1.54, 1.807) is 0 Å². The summed E-state index contributed by atoms with van der Waals surface area (Å²) in [5.74, 6) is 0. The minimum absolute atomic E-state index is 0.270. The molecule has 1 unspecified atom stereocenters. The van der Waals surface area contributed by atoms with Crippen LogP contribution in [0.15, 0.2) is 36.5 Å². The fourth-order valence-electron chi connectivity index (χ4n) is 1.89. The van der Waals surface area contributed by atoms with Crippen molar-refractivity contribution in [2.45, 2.75) is 25.8 Å². The highest BCUT2D eigenvalue weighted by atomic mass is 15.2. The number of nitrogens with zero attached hydrogens (tertiary/aromatic N) is 2. The second kappa shape index (κ2) is 5.15. The molecule has 2 aromatic rings. The van der Waals surface area contributed by atoms with Gasteiger partial charge in [-0.25, -0.2) is 0 Å². The average molecular weight is 229 g/mol. The van der Waals surface area contributed by atoms with E-state index < -0.39 is 0 Å². The van der Waals surface area contributed by atoms with E-state index in [0.29, 0.717) is 0 Å². The van der Waals surface area contributed by atoms with Crippen LogP contribution in [0.2, 0.25) is 0 Å². The van der Waals surface area contributed by atoms with Crippen LogP contribution in [0, 0.1) is 0 Å². The van der Waals surface area contributed by atoms with Crippen LogP contribution in [0.3, 0.4) is 0 Å². The maximum atomic E-state index is 5.76. The number of nitrogens with two attached hydrogens (primary N) is 1. The Morgan fingerprint density at radius 1 is 1.24 bits per heavy atom. The lowest BCUT2D eigenvalue weighted by Crippen LogP contribution is -2.15. The van der Waals surface area contributed by atoms with Crippen molar-refractivity contribution in [3.8, 4) is 11.3 Å². The van der Waals surface area contributed by atoms with Gasteiger partial charge in [0.1, 0.15) is 0 Å². The van der Waals surface area contributed by atoms with Crippen molar-refractivity contribution < 1.29 is 0 Å². The van der Waals surface area contributed by atoms with Gasteiger partial charge in [-0.05, 0) is 37.0 Å². The highest BCUT2D eigenvalue weighted by molar-refractivity contribution is 5.59. The lowest BCUT2D eigenvalue weighted by Gasteiger charge is -2.06. The van der Waals surface area contributed by atoms with Crippen LogP contribution in [0.5, 0.6) is 0 Å². The van der Waals surface area contributed by atoms with Gasteiger partial charge in [0.25, 0.3) is 0 Å². The first-order valence-electron chi connectivity index (χ1n) is 5.99. The van der Waals surface area contributed by atoms with Crippen LogP contribution < -0.4 is 5.73 Å². The Kier molecular flexibility index (Phi) is 3.59. The molecule has 0 saturated heterocycles. The first-order chi connectivity index (χ1) is 8.16. The number of aromatic nitrogens is 2. The quantitative estimate of drug-likeness (QED) is 0.874. The first-order valence-corrected chi connectivity index (χ1v) is 5.99. The predicted molar refractivity (Wildman–Crippen MR) is 70.6 cm³/mol. The van der Waals surface area contributed by atoms with Crippen molar-refractivity contribution in [1.82, 2.24) is 9.78 Å². The van der Waals surface area contributed by atoms with E-state index in [1.807, 2.05) is 30.9 Å². The van der Waals surface area contributed by atoms with Gasteiger partial charge in [0, 0.05) is 19.3 Å². The van der Waals surface area contributed by atoms with Crippen LogP contribution >= 0.6 is 0 Å². The maximum Gasteiger partial charge on any atom is 0.0678 e. The van der Waals surface area contributed by atoms with Gasteiger partial charge < -0.3 is 5.73 Å². The summed E-state index contributed by atoms with van der Waals surface area (Å²) < 4.78 is 1.89. The molecule has 3 heteroatoms. The van der Waals surface area contributed by atoms with E-state index in [9.17, 15) is 0 Å². The van der Waals surface area contributed by atoms with Crippen molar-refractivity contribution in [1.29, 1.82) is 0 Å². The fourth-order valence-corrected chi connectivity index (χ4v) is 1.89. The molecule has 0 spiro atoms. The highest BCUT2D eigenvalue weighted by Gasteiger charge is 2.02. The third kappa shape index (κ3) is 2.94. The third-order valence-corrected chi connectivity index (χ3v) is 2.96. The molecular weight excluding hydrogens is 210 g/mol. The summed E-state index contributed by atoms with van der Waals surface area (Å²) >= 11 is 0.